The Labute approximate surface area is 108 Å². The normalized spacial score (nSPS) is 20.5. The summed E-state index contributed by atoms with van der Waals surface area (Å²) in [5.41, 5.74) is 0.928. The van der Waals surface area contributed by atoms with E-state index in [1.807, 2.05) is 25.2 Å². The summed E-state index contributed by atoms with van der Waals surface area (Å²) in [6, 6.07) is 5.64. The van der Waals surface area contributed by atoms with Gasteiger partial charge >= 0.3 is 0 Å². The first-order valence-electron chi connectivity index (χ1n) is 5.46. The van der Waals surface area contributed by atoms with Gasteiger partial charge in [-0.1, -0.05) is 11.6 Å². The minimum atomic E-state index is -0.0591. The topological polar surface area (TPSA) is 33.2 Å². The molecule has 1 amide bonds. The van der Waals surface area contributed by atoms with Gasteiger partial charge in [0.1, 0.15) is 5.01 Å². The first kappa shape index (κ1) is 11.0. The first-order valence-corrected chi connectivity index (χ1v) is 6.65. The van der Waals surface area contributed by atoms with Gasteiger partial charge in [0.2, 0.25) is 5.91 Å². The molecule has 0 saturated carbocycles. The van der Waals surface area contributed by atoms with Crippen molar-refractivity contribution in [2.75, 3.05) is 13.6 Å². The molecule has 1 fully saturated rings. The van der Waals surface area contributed by atoms with Gasteiger partial charge in [-0.3, -0.25) is 4.79 Å². The fourth-order valence-electron chi connectivity index (χ4n) is 2.12. The lowest BCUT2D eigenvalue weighted by atomic mass is 10.1. The SMILES string of the molecule is CN1CCC(c2nc3ccc(Cl)cc3s2)C1=O. The molecular formula is C12H11ClN2OS. The monoisotopic (exact) mass is 266 g/mol. The van der Waals surface area contributed by atoms with E-state index >= 15 is 0 Å². The Kier molecular flexibility index (Phi) is 2.56. The predicted octanol–water partition coefficient (Wildman–Crippen LogP) is 2.90. The Hall–Kier alpha value is -1.13. The van der Waals surface area contributed by atoms with Gasteiger partial charge in [-0.05, 0) is 24.6 Å². The summed E-state index contributed by atoms with van der Waals surface area (Å²) in [5.74, 6) is 0.117. The lowest BCUT2D eigenvalue weighted by Crippen LogP contribution is -2.21. The molecule has 0 aliphatic carbocycles. The van der Waals surface area contributed by atoms with Gasteiger partial charge in [-0.25, -0.2) is 4.98 Å². The average Bonchev–Trinajstić information content (AvgIpc) is 2.83. The van der Waals surface area contributed by atoms with Crippen LogP contribution in [-0.4, -0.2) is 29.4 Å². The van der Waals surface area contributed by atoms with Crippen molar-refractivity contribution >= 4 is 39.1 Å². The van der Waals surface area contributed by atoms with Crippen LogP contribution in [0.25, 0.3) is 10.2 Å². The first-order chi connectivity index (χ1) is 8.15. The molecule has 17 heavy (non-hydrogen) atoms. The van der Waals surface area contributed by atoms with Crippen molar-refractivity contribution < 1.29 is 4.79 Å². The molecule has 0 spiro atoms. The standard InChI is InChI=1S/C12H11ClN2OS/c1-15-5-4-8(12(15)16)11-14-9-3-2-7(13)6-10(9)17-11/h2-3,6,8H,4-5H2,1H3. The van der Waals surface area contributed by atoms with Gasteiger partial charge in [-0.15, -0.1) is 11.3 Å². The Morgan fingerprint density at radius 2 is 2.35 bits per heavy atom. The van der Waals surface area contributed by atoms with Crippen LogP contribution in [-0.2, 0) is 4.79 Å². The van der Waals surface area contributed by atoms with Crippen molar-refractivity contribution in [1.82, 2.24) is 9.88 Å². The van der Waals surface area contributed by atoms with Crippen molar-refractivity contribution in [3.63, 3.8) is 0 Å². The van der Waals surface area contributed by atoms with Crippen LogP contribution < -0.4 is 0 Å². The van der Waals surface area contributed by atoms with Gasteiger partial charge in [0.15, 0.2) is 0 Å². The quantitative estimate of drug-likeness (QED) is 0.795. The second-order valence-corrected chi connectivity index (χ2v) is 5.76. The number of amides is 1. The van der Waals surface area contributed by atoms with Gasteiger partial charge in [-0.2, -0.15) is 0 Å². The number of halogens is 1. The molecule has 1 aliphatic rings. The van der Waals surface area contributed by atoms with E-state index in [1.54, 1.807) is 16.2 Å². The van der Waals surface area contributed by atoms with Gasteiger partial charge in [0.05, 0.1) is 16.1 Å². The summed E-state index contributed by atoms with van der Waals surface area (Å²) in [4.78, 5) is 18.2. The second kappa shape index (κ2) is 3.96. The zero-order valence-electron chi connectivity index (χ0n) is 9.31. The smallest absolute Gasteiger partial charge is 0.232 e. The highest BCUT2D eigenvalue weighted by Gasteiger charge is 2.32. The highest BCUT2D eigenvalue weighted by atomic mass is 35.5. The third-order valence-corrected chi connectivity index (χ3v) is 4.46. The molecule has 1 unspecified atom stereocenters. The van der Waals surface area contributed by atoms with E-state index in [0.717, 1.165) is 28.2 Å². The van der Waals surface area contributed by atoms with E-state index in [2.05, 4.69) is 4.98 Å². The average molecular weight is 267 g/mol. The Bertz CT molecular complexity index is 595. The maximum Gasteiger partial charge on any atom is 0.232 e. The number of rotatable bonds is 1. The minimum Gasteiger partial charge on any atom is -0.345 e. The molecule has 1 atom stereocenters. The van der Waals surface area contributed by atoms with E-state index in [1.165, 1.54) is 0 Å². The molecule has 2 aromatic rings. The highest BCUT2D eigenvalue weighted by Crippen LogP contribution is 2.34. The number of aromatic nitrogens is 1. The second-order valence-electron chi connectivity index (χ2n) is 4.27. The number of carbonyl (C=O) groups is 1. The number of thiazole rings is 1. The molecule has 1 aromatic heterocycles. The fourth-order valence-corrected chi connectivity index (χ4v) is 3.49. The molecule has 5 heteroatoms. The summed E-state index contributed by atoms with van der Waals surface area (Å²) in [5, 5.41) is 1.62. The van der Waals surface area contributed by atoms with Gasteiger partial charge in [0.25, 0.3) is 0 Å². The van der Waals surface area contributed by atoms with Crippen LogP contribution in [0.2, 0.25) is 5.02 Å². The zero-order chi connectivity index (χ0) is 12.0. The van der Waals surface area contributed by atoms with Crippen LogP contribution in [0.5, 0.6) is 0 Å². The molecule has 0 radical (unpaired) electrons. The number of hydrogen-bond acceptors (Lipinski definition) is 3. The lowest BCUT2D eigenvalue weighted by molar-refractivity contribution is -0.127. The van der Waals surface area contributed by atoms with Crippen LogP contribution in [0.15, 0.2) is 18.2 Å². The largest absolute Gasteiger partial charge is 0.345 e. The van der Waals surface area contributed by atoms with Crippen molar-refractivity contribution in [3.05, 3.63) is 28.2 Å². The summed E-state index contributed by atoms with van der Waals surface area (Å²) in [6.07, 6.45) is 0.864. The van der Waals surface area contributed by atoms with Crippen LogP contribution in [0.3, 0.4) is 0 Å². The van der Waals surface area contributed by atoms with E-state index in [0.29, 0.717) is 5.02 Å². The summed E-state index contributed by atoms with van der Waals surface area (Å²) >= 11 is 7.51. The summed E-state index contributed by atoms with van der Waals surface area (Å²) in [6.45, 7) is 0.820. The van der Waals surface area contributed by atoms with E-state index in [9.17, 15) is 4.79 Å². The molecule has 1 saturated heterocycles. The van der Waals surface area contributed by atoms with Crippen LogP contribution >= 0.6 is 22.9 Å². The predicted molar refractivity (Wildman–Crippen MR) is 69.6 cm³/mol. The Morgan fingerprint density at radius 1 is 1.53 bits per heavy atom. The van der Waals surface area contributed by atoms with Crippen molar-refractivity contribution in [2.24, 2.45) is 0 Å². The Morgan fingerprint density at radius 3 is 3.06 bits per heavy atom. The molecule has 1 aliphatic heterocycles. The van der Waals surface area contributed by atoms with Crippen molar-refractivity contribution in [3.8, 4) is 0 Å². The van der Waals surface area contributed by atoms with Crippen LogP contribution in [0.1, 0.15) is 17.3 Å². The van der Waals surface area contributed by atoms with Gasteiger partial charge in [0, 0.05) is 18.6 Å². The minimum absolute atomic E-state index is 0.0591. The third kappa shape index (κ3) is 1.81. The molecule has 3 nitrogen and oxygen atoms in total. The summed E-state index contributed by atoms with van der Waals surface area (Å²) in [7, 11) is 1.84. The maximum absolute atomic E-state index is 11.9. The third-order valence-electron chi connectivity index (χ3n) is 3.09. The molecular weight excluding hydrogens is 256 g/mol. The molecule has 3 rings (SSSR count). The number of likely N-dealkylation sites (N-methyl/N-ethyl adjacent to an activating group) is 1. The number of nitrogens with zero attached hydrogens (tertiary/aromatic N) is 2. The molecule has 1 aromatic carbocycles. The number of carbonyl (C=O) groups excluding carboxylic acids is 1. The Balaban J connectivity index is 2.04. The number of benzene rings is 1. The maximum atomic E-state index is 11.9. The van der Waals surface area contributed by atoms with Crippen molar-refractivity contribution in [2.45, 2.75) is 12.3 Å². The van der Waals surface area contributed by atoms with Crippen LogP contribution in [0, 0.1) is 0 Å². The number of hydrogen-bond donors (Lipinski definition) is 0. The van der Waals surface area contributed by atoms with E-state index in [4.69, 9.17) is 11.6 Å². The molecule has 0 bridgehead atoms. The molecule has 2 heterocycles. The highest BCUT2D eigenvalue weighted by molar-refractivity contribution is 7.18. The number of fused-ring (bicyclic) bond motifs is 1. The van der Waals surface area contributed by atoms with Crippen LogP contribution in [0.4, 0.5) is 0 Å². The van der Waals surface area contributed by atoms with Crippen molar-refractivity contribution in [1.29, 1.82) is 0 Å². The molecule has 88 valence electrons. The number of likely N-dealkylation sites (tertiary alicyclic amines) is 1. The van der Waals surface area contributed by atoms with E-state index < -0.39 is 0 Å². The lowest BCUT2D eigenvalue weighted by Gasteiger charge is -2.07. The van der Waals surface area contributed by atoms with Gasteiger partial charge < -0.3 is 4.90 Å². The fraction of sp³-hybridized carbons (Fsp3) is 0.333. The van der Waals surface area contributed by atoms with E-state index in [-0.39, 0.29) is 11.8 Å². The zero-order valence-corrected chi connectivity index (χ0v) is 10.9. The summed E-state index contributed by atoms with van der Waals surface area (Å²) < 4.78 is 1.05. The molecule has 0 N–H and O–H groups in total.